The average molecular weight is 386 g/mol. The lowest BCUT2D eigenvalue weighted by Crippen LogP contribution is -2.04. The number of nitrogens with zero attached hydrogens (tertiary/aromatic N) is 4. The minimum atomic E-state index is -0.436. The van der Waals surface area contributed by atoms with Gasteiger partial charge in [-0.3, -0.25) is 4.79 Å². The van der Waals surface area contributed by atoms with Crippen molar-refractivity contribution in [2.24, 2.45) is 0 Å². The molecule has 0 unspecified atom stereocenters. The van der Waals surface area contributed by atoms with E-state index >= 15 is 0 Å². The molecule has 3 aromatic carbocycles. The molecular formula is C22H12F2N4O. The highest BCUT2D eigenvalue weighted by molar-refractivity contribution is 6.13. The SMILES string of the molecule is O=C(c1ccc(F)cc1)c1nnn2c1c(-c1ccc(F)cc1)nc1ccccc12. The van der Waals surface area contributed by atoms with E-state index in [1.165, 1.54) is 36.4 Å². The van der Waals surface area contributed by atoms with E-state index in [2.05, 4.69) is 10.3 Å². The van der Waals surface area contributed by atoms with Crippen molar-refractivity contribution in [3.63, 3.8) is 0 Å². The van der Waals surface area contributed by atoms with Crippen LogP contribution in [0.5, 0.6) is 0 Å². The summed E-state index contributed by atoms with van der Waals surface area (Å²) in [6.45, 7) is 0. The Bertz CT molecular complexity index is 1380. The summed E-state index contributed by atoms with van der Waals surface area (Å²) in [7, 11) is 0. The highest BCUT2D eigenvalue weighted by Crippen LogP contribution is 2.29. The number of carbonyl (C=O) groups is 1. The van der Waals surface area contributed by atoms with Crippen LogP contribution in [-0.4, -0.2) is 25.6 Å². The van der Waals surface area contributed by atoms with Crippen molar-refractivity contribution in [3.8, 4) is 11.3 Å². The Morgan fingerprint density at radius 3 is 2.21 bits per heavy atom. The molecule has 5 nitrogen and oxygen atoms in total. The van der Waals surface area contributed by atoms with Gasteiger partial charge in [0.1, 0.15) is 17.2 Å². The molecule has 0 aliphatic carbocycles. The van der Waals surface area contributed by atoms with Crippen LogP contribution >= 0.6 is 0 Å². The van der Waals surface area contributed by atoms with Crippen molar-refractivity contribution < 1.29 is 13.6 Å². The van der Waals surface area contributed by atoms with Gasteiger partial charge in [-0.15, -0.1) is 5.10 Å². The van der Waals surface area contributed by atoms with Gasteiger partial charge in [0.05, 0.1) is 16.7 Å². The van der Waals surface area contributed by atoms with Crippen LogP contribution in [0.25, 0.3) is 27.8 Å². The normalized spacial score (nSPS) is 11.2. The maximum Gasteiger partial charge on any atom is 0.215 e. The summed E-state index contributed by atoms with van der Waals surface area (Å²) < 4.78 is 28.2. The molecule has 0 radical (unpaired) electrons. The summed E-state index contributed by atoms with van der Waals surface area (Å²) in [5.41, 5.74) is 3.20. The quantitative estimate of drug-likeness (QED) is 0.430. The summed E-state index contributed by atoms with van der Waals surface area (Å²) in [4.78, 5) is 17.8. The van der Waals surface area contributed by atoms with Gasteiger partial charge >= 0.3 is 0 Å². The second-order valence-electron chi connectivity index (χ2n) is 6.49. The molecule has 140 valence electrons. The molecule has 5 rings (SSSR count). The van der Waals surface area contributed by atoms with Gasteiger partial charge in [0.15, 0.2) is 5.69 Å². The first-order chi connectivity index (χ1) is 14.1. The molecule has 0 atom stereocenters. The van der Waals surface area contributed by atoms with Crippen molar-refractivity contribution in [1.29, 1.82) is 0 Å². The first-order valence-corrected chi connectivity index (χ1v) is 8.82. The van der Waals surface area contributed by atoms with E-state index in [9.17, 15) is 13.6 Å². The monoisotopic (exact) mass is 386 g/mol. The number of hydrogen-bond acceptors (Lipinski definition) is 4. The second kappa shape index (κ2) is 6.56. The van der Waals surface area contributed by atoms with E-state index in [1.54, 1.807) is 16.6 Å². The van der Waals surface area contributed by atoms with Gasteiger partial charge in [0, 0.05) is 11.1 Å². The molecule has 0 saturated carbocycles. The summed E-state index contributed by atoms with van der Waals surface area (Å²) in [5.74, 6) is -1.21. The molecule has 2 aromatic heterocycles. The second-order valence-corrected chi connectivity index (χ2v) is 6.49. The third-order valence-electron chi connectivity index (χ3n) is 4.68. The van der Waals surface area contributed by atoms with Gasteiger partial charge in [0.2, 0.25) is 5.78 Å². The molecule has 0 amide bonds. The van der Waals surface area contributed by atoms with E-state index < -0.39 is 11.6 Å². The Labute approximate surface area is 163 Å². The van der Waals surface area contributed by atoms with Crippen LogP contribution in [-0.2, 0) is 0 Å². The molecule has 0 N–H and O–H groups in total. The van der Waals surface area contributed by atoms with Crippen LogP contribution in [0.3, 0.4) is 0 Å². The predicted molar refractivity (Wildman–Crippen MR) is 104 cm³/mol. The van der Waals surface area contributed by atoms with E-state index in [0.29, 0.717) is 27.8 Å². The molecule has 0 spiro atoms. The van der Waals surface area contributed by atoms with Crippen LogP contribution in [0.2, 0.25) is 0 Å². The number of benzene rings is 3. The Hall–Kier alpha value is -4.00. The summed E-state index contributed by atoms with van der Waals surface area (Å²) in [6, 6.07) is 18.4. The highest BCUT2D eigenvalue weighted by Gasteiger charge is 2.23. The van der Waals surface area contributed by atoms with Gasteiger partial charge in [-0.25, -0.2) is 18.3 Å². The van der Waals surface area contributed by atoms with Crippen molar-refractivity contribution in [3.05, 3.63) is 95.7 Å². The molecule has 29 heavy (non-hydrogen) atoms. The molecule has 0 fully saturated rings. The Morgan fingerprint density at radius 2 is 1.48 bits per heavy atom. The zero-order valence-corrected chi connectivity index (χ0v) is 14.9. The van der Waals surface area contributed by atoms with Crippen LogP contribution in [0, 0.1) is 11.6 Å². The third kappa shape index (κ3) is 2.84. The van der Waals surface area contributed by atoms with Gasteiger partial charge in [-0.2, -0.15) is 0 Å². The summed E-state index contributed by atoms with van der Waals surface area (Å²) in [6.07, 6.45) is 0. The largest absolute Gasteiger partial charge is 0.287 e. The maximum absolute atomic E-state index is 13.4. The van der Waals surface area contributed by atoms with Gasteiger partial charge < -0.3 is 0 Å². The van der Waals surface area contributed by atoms with Crippen molar-refractivity contribution in [2.45, 2.75) is 0 Å². The lowest BCUT2D eigenvalue weighted by Gasteiger charge is -2.08. The molecule has 0 aliphatic rings. The topological polar surface area (TPSA) is 60.2 Å². The smallest absolute Gasteiger partial charge is 0.215 e. The third-order valence-corrected chi connectivity index (χ3v) is 4.68. The minimum absolute atomic E-state index is 0.0918. The molecular weight excluding hydrogens is 374 g/mol. The number of fused-ring (bicyclic) bond motifs is 3. The molecule has 0 bridgehead atoms. The Balaban J connectivity index is 1.82. The predicted octanol–water partition coefficient (Wildman–Crippen LogP) is 4.45. The Morgan fingerprint density at radius 1 is 0.828 bits per heavy atom. The summed E-state index contributed by atoms with van der Waals surface area (Å²) >= 11 is 0. The van der Waals surface area contributed by atoms with Crippen LogP contribution in [0.1, 0.15) is 16.1 Å². The molecule has 2 heterocycles. The number of rotatable bonds is 3. The van der Waals surface area contributed by atoms with Gasteiger partial charge in [-0.05, 0) is 60.7 Å². The lowest BCUT2D eigenvalue weighted by molar-refractivity contribution is 0.103. The maximum atomic E-state index is 13.4. The highest BCUT2D eigenvalue weighted by atomic mass is 19.1. The van der Waals surface area contributed by atoms with Crippen LogP contribution in [0.15, 0.2) is 72.8 Å². The number of ketones is 1. The van der Waals surface area contributed by atoms with Crippen LogP contribution < -0.4 is 0 Å². The zero-order valence-electron chi connectivity index (χ0n) is 14.9. The molecule has 0 aliphatic heterocycles. The number of aromatic nitrogens is 4. The van der Waals surface area contributed by atoms with Gasteiger partial charge in [-0.1, -0.05) is 17.3 Å². The lowest BCUT2D eigenvalue weighted by atomic mass is 10.0. The fraction of sp³-hybridized carbons (Fsp3) is 0. The standard InChI is InChI=1S/C22H12F2N4O/c23-15-9-5-13(6-10-15)19-21-20(22(29)14-7-11-16(24)12-8-14)26-27-28(21)18-4-2-1-3-17(18)25-19/h1-12H. The summed E-state index contributed by atoms with van der Waals surface area (Å²) in [5, 5.41) is 8.28. The van der Waals surface area contributed by atoms with Crippen LogP contribution in [0.4, 0.5) is 8.78 Å². The zero-order chi connectivity index (χ0) is 20.0. The van der Waals surface area contributed by atoms with E-state index in [1.807, 2.05) is 24.3 Å². The fourth-order valence-electron chi connectivity index (χ4n) is 3.27. The van der Waals surface area contributed by atoms with Crippen molar-refractivity contribution in [2.75, 3.05) is 0 Å². The first kappa shape index (κ1) is 17.1. The van der Waals surface area contributed by atoms with Crippen molar-refractivity contribution in [1.82, 2.24) is 19.8 Å². The minimum Gasteiger partial charge on any atom is -0.287 e. The van der Waals surface area contributed by atoms with E-state index in [4.69, 9.17) is 4.98 Å². The molecule has 0 saturated heterocycles. The van der Waals surface area contributed by atoms with Gasteiger partial charge in [0.25, 0.3) is 0 Å². The number of hydrogen-bond donors (Lipinski definition) is 0. The first-order valence-electron chi connectivity index (χ1n) is 8.82. The average Bonchev–Trinajstić information content (AvgIpc) is 3.19. The number of halogens is 2. The molecule has 5 aromatic rings. The Kier molecular flexibility index (Phi) is 3.87. The fourth-order valence-corrected chi connectivity index (χ4v) is 3.27. The number of carbonyl (C=O) groups excluding carboxylic acids is 1. The van der Waals surface area contributed by atoms with E-state index in [-0.39, 0.29) is 17.1 Å². The van der Waals surface area contributed by atoms with E-state index in [0.717, 1.165) is 0 Å². The van der Waals surface area contributed by atoms with Crippen molar-refractivity contribution >= 4 is 22.3 Å². The number of para-hydroxylation sites is 2. The molecule has 7 heteroatoms.